The molecule has 0 bridgehead atoms. The number of aliphatic hydroxyl groups is 1. The molecule has 20 heavy (non-hydrogen) atoms. The van der Waals surface area contributed by atoms with E-state index in [0.29, 0.717) is 0 Å². The average molecular weight is 272 g/mol. The quantitative estimate of drug-likeness (QED) is 0.850. The van der Waals surface area contributed by atoms with E-state index in [2.05, 4.69) is 26.8 Å². The summed E-state index contributed by atoms with van der Waals surface area (Å²) < 4.78 is 0. The highest BCUT2D eigenvalue weighted by Gasteiger charge is 2.26. The van der Waals surface area contributed by atoms with Crippen LogP contribution in [0.3, 0.4) is 0 Å². The van der Waals surface area contributed by atoms with Crippen LogP contribution >= 0.6 is 0 Å². The molecule has 1 aliphatic rings. The van der Waals surface area contributed by atoms with Crippen LogP contribution in [-0.2, 0) is 0 Å². The van der Waals surface area contributed by atoms with Crippen molar-refractivity contribution in [2.24, 2.45) is 5.41 Å². The number of allylic oxidation sites excluding steroid dienone is 3. The largest absolute Gasteiger partial charge is 0.508 e. The van der Waals surface area contributed by atoms with Crippen molar-refractivity contribution in [3.8, 4) is 5.75 Å². The Bertz CT molecular complexity index is 521. The van der Waals surface area contributed by atoms with Crippen LogP contribution < -0.4 is 0 Å². The molecule has 0 amide bonds. The Morgan fingerprint density at radius 2 is 1.85 bits per heavy atom. The minimum atomic E-state index is -0.631. The number of hydrogen-bond acceptors (Lipinski definition) is 2. The molecule has 0 radical (unpaired) electrons. The summed E-state index contributed by atoms with van der Waals surface area (Å²) in [6.45, 7) is 6.72. The minimum absolute atomic E-state index is 0.188. The van der Waals surface area contributed by atoms with Crippen molar-refractivity contribution < 1.29 is 10.2 Å². The van der Waals surface area contributed by atoms with Crippen LogP contribution in [0.2, 0.25) is 0 Å². The van der Waals surface area contributed by atoms with E-state index in [4.69, 9.17) is 0 Å². The fraction of sp³-hybridized carbons (Fsp3) is 0.444. The van der Waals surface area contributed by atoms with Crippen molar-refractivity contribution in [1.29, 1.82) is 0 Å². The number of aromatic hydroxyl groups is 1. The maximum atomic E-state index is 10.2. The molecular weight excluding hydrogens is 248 g/mol. The lowest BCUT2D eigenvalue weighted by molar-refractivity contribution is 0.228. The van der Waals surface area contributed by atoms with Gasteiger partial charge in [-0.2, -0.15) is 0 Å². The molecular formula is C18H24O2. The maximum absolute atomic E-state index is 10.2. The number of rotatable bonds is 3. The third-order valence-electron chi connectivity index (χ3n) is 4.22. The van der Waals surface area contributed by atoms with E-state index in [9.17, 15) is 10.2 Å². The van der Waals surface area contributed by atoms with Gasteiger partial charge in [-0.25, -0.2) is 0 Å². The Labute approximate surface area is 121 Å². The molecule has 1 unspecified atom stereocenters. The highest BCUT2D eigenvalue weighted by atomic mass is 16.3. The molecule has 0 spiro atoms. The zero-order valence-electron chi connectivity index (χ0n) is 12.6. The topological polar surface area (TPSA) is 40.5 Å². The van der Waals surface area contributed by atoms with Crippen LogP contribution in [0.15, 0.2) is 47.6 Å². The van der Waals surface area contributed by atoms with Gasteiger partial charge in [-0.15, -0.1) is 0 Å². The second kappa shape index (κ2) is 5.84. The minimum Gasteiger partial charge on any atom is -0.508 e. The normalized spacial score (nSPS) is 20.4. The Morgan fingerprint density at radius 1 is 1.20 bits per heavy atom. The molecule has 2 N–H and O–H groups in total. The van der Waals surface area contributed by atoms with Crippen molar-refractivity contribution in [2.75, 3.05) is 0 Å². The summed E-state index contributed by atoms with van der Waals surface area (Å²) in [6.07, 6.45) is 6.88. The third kappa shape index (κ3) is 3.31. The lowest BCUT2D eigenvalue weighted by Crippen LogP contribution is -2.19. The summed E-state index contributed by atoms with van der Waals surface area (Å²) >= 11 is 0. The third-order valence-corrected chi connectivity index (χ3v) is 4.22. The number of phenols is 1. The van der Waals surface area contributed by atoms with Gasteiger partial charge in [0.1, 0.15) is 5.75 Å². The van der Waals surface area contributed by atoms with Gasteiger partial charge in [0, 0.05) is 0 Å². The molecule has 1 aromatic carbocycles. The first-order chi connectivity index (χ1) is 9.40. The second-order valence-electron chi connectivity index (χ2n) is 6.33. The zero-order chi connectivity index (χ0) is 14.8. The van der Waals surface area contributed by atoms with Crippen molar-refractivity contribution >= 4 is 0 Å². The average Bonchev–Trinajstić information content (AvgIpc) is 2.38. The van der Waals surface area contributed by atoms with Crippen LogP contribution in [0, 0.1) is 5.41 Å². The molecule has 108 valence electrons. The van der Waals surface area contributed by atoms with Crippen LogP contribution in [0.25, 0.3) is 0 Å². The van der Waals surface area contributed by atoms with Gasteiger partial charge in [-0.1, -0.05) is 43.7 Å². The van der Waals surface area contributed by atoms with Gasteiger partial charge in [0.25, 0.3) is 0 Å². The lowest BCUT2D eigenvalue weighted by atomic mass is 9.72. The Balaban J connectivity index is 2.18. The molecule has 0 aromatic heterocycles. The van der Waals surface area contributed by atoms with E-state index in [1.54, 1.807) is 24.3 Å². The van der Waals surface area contributed by atoms with Gasteiger partial charge in [-0.3, -0.25) is 0 Å². The summed E-state index contributed by atoms with van der Waals surface area (Å²) in [5, 5.41) is 19.5. The molecule has 0 fully saturated rings. The molecule has 1 aromatic rings. The molecule has 0 saturated heterocycles. The predicted octanol–water partition coefficient (Wildman–Crippen LogP) is 4.51. The van der Waals surface area contributed by atoms with Crippen molar-refractivity contribution in [3.63, 3.8) is 0 Å². The SMILES string of the molecule is CC1=C(/C=C/C(O)c2ccc(O)cc2)C(C)(C)CCC1. The van der Waals surface area contributed by atoms with Crippen molar-refractivity contribution in [3.05, 3.63) is 53.1 Å². The summed E-state index contributed by atoms with van der Waals surface area (Å²) in [6, 6.07) is 6.69. The summed E-state index contributed by atoms with van der Waals surface area (Å²) in [5.41, 5.74) is 3.76. The number of phenolic OH excluding ortho intramolecular Hbond substituents is 1. The fourth-order valence-corrected chi connectivity index (χ4v) is 2.98. The van der Waals surface area contributed by atoms with Gasteiger partial charge in [0.15, 0.2) is 0 Å². The van der Waals surface area contributed by atoms with Crippen LogP contribution in [0.4, 0.5) is 0 Å². The fourth-order valence-electron chi connectivity index (χ4n) is 2.98. The molecule has 2 heteroatoms. The number of aliphatic hydroxyl groups excluding tert-OH is 1. The van der Waals surface area contributed by atoms with E-state index in [0.717, 1.165) is 12.0 Å². The summed E-state index contributed by atoms with van der Waals surface area (Å²) in [7, 11) is 0. The molecule has 1 atom stereocenters. The molecule has 0 aliphatic heterocycles. The van der Waals surface area contributed by atoms with Crippen LogP contribution in [0.5, 0.6) is 5.75 Å². The Kier molecular flexibility index (Phi) is 4.34. The van der Waals surface area contributed by atoms with Gasteiger partial charge in [0.05, 0.1) is 6.10 Å². The number of hydrogen-bond donors (Lipinski definition) is 2. The highest BCUT2D eigenvalue weighted by molar-refractivity contribution is 5.35. The first-order valence-electron chi connectivity index (χ1n) is 7.25. The summed E-state index contributed by atoms with van der Waals surface area (Å²) in [4.78, 5) is 0. The van der Waals surface area contributed by atoms with E-state index >= 15 is 0 Å². The van der Waals surface area contributed by atoms with E-state index < -0.39 is 6.10 Å². The van der Waals surface area contributed by atoms with Gasteiger partial charge in [0.2, 0.25) is 0 Å². The Morgan fingerprint density at radius 3 is 2.45 bits per heavy atom. The highest BCUT2D eigenvalue weighted by Crippen LogP contribution is 2.41. The van der Waals surface area contributed by atoms with Crippen molar-refractivity contribution in [1.82, 2.24) is 0 Å². The van der Waals surface area contributed by atoms with Crippen LogP contribution in [0.1, 0.15) is 51.7 Å². The predicted molar refractivity (Wildman–Crippen MR) is 82.5 cm³/mol. The standard InChI is InChI=1S/C18H24O2/c1-13-5-4-12-18(2,3)16(13)10-11-17(20)14-6-8-15(19)9-7-14/h6-11,17,19-20H,4-5,12H2,1-3H3/b11-10+. The first kappa shape index (κ1) is 14.9. The van der Waals surface area contributed by atoms with E-state index in [1.807, 2.05) is 6.08 Å². The molecule has 2 nitrogen and oxygen atoms in total. The lowest BCUT2D eigenvalue weighted by Gasteiger charge is -2.33. The maximum Gasteiger partial charge on any atom is 0.115 e. The van der Waals surface area contributed by atoms with Gasteiger partial charge < -0.3 is 10.2 Å². The van der Waals surface area contributed by atoms with Gasteiger partial charge >= 0.3 is 0 Å². The first-order valence-corrected chi connectivity index (χ1v) is 7.25. The molecule has 2 rings (SSSR count). The smallest absolute Gasteiger partial charge is 0.115 e. The molecule has 0 heterocycles. The monoisotopic (exact) mass is 272 g/mol. The summed E-state index contributed by atoms with van der Waals surface area (Å²) in [5.74, 6) is 0.219. The molecule has 1 aliphatic carbocycles. The van der Waals surface area contributed by atoms with E-state index in [1.165, 1.54) is 24.0 Å². The number of benzene rings is 1. The Hall–Kier alpha value is -1.54. The molecule has 0 saturated carbocycles. The van der Waals surface area contributed by atoms with Crippen LogP contribution in [-0.4, -0.2) is 10.2 Å². The van der Waals surface area contributed by atoms with Gasteiger partial charge in [-0.05, 0) is 54.9 Å². The van der Waals surface area contributed by atoms with Crippen molar-refractivity contribution in [2.45, 2.75) is 46.1 Å². The second-order valence-corrected chi connectivity index (χ2v) is 6.33. The zero-order valence-corrected chi connectivity index (χ0v) is 12.6. The van der Waals surface area contributed by atoms with E-state index in [-0.39, 0.29) is 11.2 Å².